The zero-order chi connectivity index (χ0) is 18.9. The van der Waals surface area contributed by atoms with Gasteiger partial charge < -0.3 is 0 Å². The average Bonchev–Trinajstić information content (AvgIpc) is 2.60. The smallest absolute Gasteiger partial charge is 0.282 e. The van der Waals surface area contributed by atoms with E-state index in [4.69, 9.17) is 0 Å². The molecular weight excluding hydrogens is 376 g/mol. The molecule has 1 aliphatic rings. The van der Waals surface area contributed by atoms with Gasteiger partial charge in [-0.15, -0.1) is 0 Å². The normalized spacial score (nSPS) is 21.5. The summed E-state index contributed by atoms with van der Waals surface area (Å²) in [6, 6.07) is 12.7. The molecule has 0 saturated heterocycles. The summed E-state index contributed by atoms with van der Waals surface area (Å²) in [5.74, 6) is -0.248. The molecule has 0 amide bonds. The van der Waals surface area contributed by atoms with Gasteiger partial charge in [0, 0.05) is 0 Å². The van der Waals surface area contributed by atoms with Crippen LogP contribution >= 0.6 is 0 Å². The number of rotatable bonds is 4. The predicted molar refractivity (Wildman–Crippen MR) is 96.5 cm³/mol. The van der Waals surface area contributed by atoms with E-state index in [1.807, 2.05) is 0 Å². The molecule has 0 aliphatic heterocycles. The minimum atomic E-state index is -4.33. The Balaban J connectivity index is 1.98. The van der Waals surface area contributed by atoms with E-state index in [-0.39, 0.29) is 21.6 Å². The van der Waals surface area contributed by atoms with Crippen LogP contribution in [0.1, 0.15) is 48.6 Å². The van der Waals surface area contributed by atoms with Crippen molar-refractivity contribution >= 4 is 20.2 Å². The van der Waals surface area contributed by atoms with Gasteiger partial charge >= 0.3 is 0 Å². The number of hydrogen-bond acceptors (Lipinski definition) is 4. The number of benzene rings is 2. The Hall–Kier alpha value is -1.74. The van der Waals surface area contributed by atoms with Crippen LogP contribution in [0.4, 0.5) is 0 Å². The predicted octanol–water partition coefficient (Wildman–Crippen LogP) is 3.62. The second-order valence-corrected chi connectivity index (χ2v) is 9.37. The molecule has 0 radical (unpaired) electrons. The van der Waals surface area contributed by atoms with E-state index in [9.17, 15) is 25.9 Å². The molecular formula is C18H20O6S2. The van der Waals surface area contributed by atoms with Crippen LogP contribution in [0.15, 0.2) is 58.3 Å². The van der Waals surface area contributed by atoms with Gasteiger partial charge in [-0.25, -0.2) is 0 Å². The van der Waals surface area contributed by atoms with E-state index >= 15 is 0 Å². The highest BCUT2D eigenvalue weighted by atomic mass is 32.2. The van der Waals surface area contributed by atoms with Crippen LogP contribution in [-0.4, -0.2) is 25.9 Å². The van der Waals surface area contributed by atoms with Gasteiger partial charge in [0.2, 0.25) is 0 Å². The minimum Gasteiger partial charge on any atom is -0.282 e. The zero-order valence-corrected chi connectivity index (χ0v) is 15.6. The third kappa shape index (κ3) is 3.98. The maximum atomic E-state index is 11.7. The van der Waals surface area contributed by atoms with E-state index in [1.54, 1.807) is 36.4 Å². The van der Waals surface area contributed by atoms with Gasteiger partial charge in [-0.2, -0.15) is 16.8 Å². The quantitative estimate of drug-likeness (QED) is 0.764. The van der Waals surface area contributed by atoms with Gasteiger partial charge in [0.15, 0.2) is 0 Å². The first-order valence-electron chi connectivity index (χ1n) is 8.31. The Labute approximate surface area is 153 Å². The van der Waals surface area contributed by atoms with Crippen molar-refractivity contribution in [1.82, 2.24) is 0 Å². The fraction of sp³-hybridized carbons (Fsp3) is 0.333. The zero-order valence-electron chi connectivity index (χ0n) is 13.9. The summed E-state index contributed by atoms with van der Waals surface area (Å²) in [5.41, 5.74) is 1.09. The van der Waals surface area contributed by atoms with Gasteiger partial charge in [0.1, 0.15) is 0 Å². The van der Waals surface area contributed by atoms with Gasteiger partial charge in [-0.05, 0) is 54.4 Å². The second kappa shape index (κ2) is 7.11. The van der Waals surface area contributed by atoms with Crippen molar-refractivity contribution < 1.29 is 25.9 Å². The molecule has 2 atom stereocenters. The molecule has 8 heteroatoms. The Kier molecular flexibility index (Phi) is 5.21. The Morgan fingerprint density at radius 1 is 0.692 bits per heavy atom. The van der Waals surface area contributed by atoms with Gasteiger partial charge in [-0.3, -0.25) is 9.11 Å². The summed E-state index contributed by atoms with van der Waals surface area (Å²) in [4.78, 5) is -0.206. The van der Waals surface area contributed by atoms with Crippen LogP contribution in [0.3, 0.4) is 0 Å². The monoisotopic (exact) mass is 396 g/mol. The van der Waals surface area contributed by atoms with E-state index in [2.05, 4.69) is 0 Å². The fourth-order valence-electron chi connectivity index (χ4n) is 3.86. The molecule has 2 N–H and O–H groups in total. The lowest BCUT2D eigenvalue weighted by molar-refractivity contribution is 0.384. The van der Waals surface area contributed by atoms with Crippen molar-refractivity contribution in [3.05, 3.63) is 59.7 Å². The Bertz CT molecular complexity index is 930. The molecule has 0 bridgehead atoms. The van der Waals surface area contributed by atoms with Gasteiger partial charge in [0.25, 0.3) is 20.2 Å². The van der Waals surface area contributed by atoms with E-state index in [1.165, 1.54) is 12.1 Å². The third-order valence-corrected chi connectivity index (χ3v) is 6.80. The standard InChI is InChI=1S/C18H20O6S2/c19-25(20,21)17-10-3-1-8-15(17)13-6-5-7-14(12-13)16-9-2-4-11-18(16)26(22,23)24/h1-4,8-11,13-14H,5-7,12H2,(H,19,20,21)(H,22,23,24). The second-order valence-electron chi connectivity index (χ2n) is 6.59. The van der Waals surface area contributed by atoms with Crippen molar-refractivity contribution in [2.24, 2.45) is 0 Å². The molecule has 3 rings (SSSR count). The van der Waals surface area contributed by atoms with Crippen LogP contribution in [0.2, 0.25) is 0 Å². The summed E-state index contributed by atoms with van der Waals surface area (Å²) in [6.45, 7) is 0. The van der Waals surface area contributed by atoms with E-state index in [0.29, 0.717) is 17.5 Å². The molecule has 0 heterocycles. The molecule has 2 unspecified atom stereocenters. The Morgan fingerprint density at radius 3 is 1.46 bits per heavy atom. The third-order valence-electron chi connectivity index (χ3n) is 4.95. The minimum absolute atomic E-state index is 0.103. The Morgan fingerprint density at radius 2 is 1.08 bits per heavy atom. The van der Waals surface area contributed by atoms with Gasteiger partial charge in [0.05, 0.1) is 9.79 Å². The molecule has 1 saturated carbocycles. The van der Waals surface area contributed by atoms with Crippen LogP contribution in [0.25, 0.3) is 0 Å². The highest BCUT2D eigenvalue weighted by Gasteiger charge is 2.30. The van der Waals surface area contributed by atoms with E-state index < -0.39 is 20.2 Å². The van der Waals surface area contributed by atoms with E-state index in [0.717, 1.165) is 19.3 Å². The molecule has 26 heavy (non-hydrogen) atoms. The summed E-state index contributed by atoms with van der Waals surface area (Å²) in [5, 5.41) is 0. The molecule has 6 nitrogen and oxygen atoms in total. The first kappa shape index (κ1) is 19.0. The molecule has 1 fully saturated rings. The first-order chi connectivity index (χ1) is 12.2. The summed E-state index contributed by atoms with van der Waals surface area (Å²) in [7, 11) is -8.66. The maximum absolute atomic E-state index is 11.7. The highest BCUT2D eigenvalue weighted by Crippen LogP contribution is 2.44. The molecule has 0 aromatic heterocycles. The molecule has 1 aliphatic carbocycles. The van der Waals surface area contributed by atoms with Crippen molar-refractivity contribution in [3.63, 3.8) is 0 Å². The van der Waals surface area contributed by atoms with Crippen molar-refractivity contribution in [1.29, 1.82) is 0 Å². The summed E-state index contributed by atoms with van der Waals surface area (Å²) in [6.07, 6.45) is 2.82. The van der Waals surface area contributed by atoms with Crippen LogP contribution in [0, 0.1) is 0 Å². The highest BCUT2D eigenvalue weighted by molar-refractivity contribution is 7.86. The molecule has 2 aromatic rings. The van der Waals surface area contributed by atoms with Crippen LogP contribution in [-0.2, 0) is 20.2 Å². The van der Waals surface area contributed by atoms with Gasteiger partial charge in [-0.1, -0.05) is 42.8 Å². The first-order valence-corrected chi connectivity index (χ1v) is 11.2. The lowest BCUT2D eigenvalue weighted by atomic mass is 9.75. The topological polar surface area (TPSA) is 109 Å². The van der Waals surface area contributed by atoms with Crippen LogP contribution < -0.4 is 0 Å². The van der Waals surface area contributed by atoms with Crippen molar-refractivity contribution in [2.45, 2.75) is 47.3 Å². The lowest BCUT2D eigenvalue weighted by Crippen LogP contribution is -2.17. The lowest BCUT2D eigenvalue weighted by Gasteiger charge is -2.31. The SMILES string of the molecule is O=S(=O)(O)c1ccccc1C1CCCC(c2ccccc2S(=O)(=O)O)C1. The number of hydrogen-bond donors (Lipinski definition) is 2. The average molecular weight is 396 g/mol. The molecule has 140 valence electrons. The molecule has 2 aromatic carbocycles. The summed E-state index contributed by atoms with van der Waals surface area (Å²) >= 11 is 0. The fourth-order valence-corrected chi connectivity index (χ4v) is 5.43. The molecule has 0 spiro atoms. The van der Waals surface area contributed by atoms with Crippen molar-refractivity contribution in [2.75, 3.05) is 0 Å². The maximum Gasteiger partial charge on any atom is 0.294 e. The summed E-state index contributed by atoms with van der Waals surface area (Å²) < 4.78 is 65.7. The van der Waals surface area contributed by atoms with Crippen LogP contribution in [0.5, 0.6) is 0 Å². The van der Waals surface area contributed by atoms with Crippen molar-refractivity contribution in [3.8, 4) is 0 Å². The largest absolute Gasteiger partial charge is 0.294 e.